The maximum absolute atomic E-state index is 10.2. The molecule has 1 fully saturated rings. The zero-order valence-electron chi connectivity index (χ0n) is 7.06. The fraction of sp³-hybridized carbons (Fsp3) is 0.875. The summed E-state index contributed by atoms with van der Waals surface area (Å²) in [4.78, 5) is 10.2. The van der Waals surface area contributed by atoms with Crippen LogP contribution in [0.2, 0.25) is 0 Å². The summed E-state index contributed by atoms with van der Waals surface area (Å²) in [6.07, 6.45) is 0.455. The Balaban J connectivity index is 2.32. The molecule has 0 saturated carbocycles. The first-order valence-electron chi connectivity index (χ1n) is 4.15. The molecule has 4 nitrogen and oxygen atoms in total. The van der Waals surface area contributed by atoms with Crippen molar-refractivity contribution in [2.24, 2.45) is 0 Å². The number of aliphatic hydroxyl groups excluding tert-OH is 1. The third kappa shape index (κ3) is 2.46. The van der Waals surface area contributed by atoms with Crippen molar-refractivity contribution >= 4 is 5.97 Å². The first-order chi connectivity index (χ1) is 5.59. The third-order valence-electron chi connectivity index (χ3n) is 2.08. The molecule has 2 N–H and O–H groups in total. The van der Waals surface area contributed by atoms with E-state index in [0.29, 0.717) is 0 Å². The van der Waals surface area contributed by atoms with Crippen LogP contribution in [0.25, 0.3) is 0 Å². The fourth-order valence-electron chi connectivity index (χ4n) is 1.43. The zero-order chi connectivity index (χ0) is 9.14. The smallest absolute Gasteiger partial charge is 0.306 e. The summed E-state index contributed by atoms with van der Waals surface area (Å²) in [7, 11) is 0. The van der Waals surface area contributed by atoms with Crippen molar-refractivity contribution < 1.29 is 19.7 Å². The number of hydrogen-bond donors (Lipinski definition) is 2. The summed E-state index contributed by atoms with van der Waals surface area (Å²) in [6, 6.07) is 0. The largest absolute Gasteiger partial charge is 0.481 e. The van der Waals surface area contributed by atoms with Crippen LogP contribution in [0.3, 0.4) is 0 Å². The van der Waals surface area contributed by atoms with Crippen molar-refractivity contribution in [2.75, 3.05) is 0 Å². The Labute approximate surface area is 71.2 Å². The molecule has 1 aliphatic rings. The molecule has 1 unspecified atom stereocenters. The van der Waals surface area contributed by atoms with Crippen LogP contribution in [0.15, 0.2) is 0 Å². The monoisotopic (exact) mass is 174 g/mol. The van der Waals surface area contributed by atoms with Crippen LogP contribution < -0.4 is 0 Å². The fourth-order valence-corrected chi connectivity index (χ4v) is 1.43. The van der Waals surface area contributed by atoms with Gasteiger partial charge in [-0.3, -0.25) is 4.79 Å². The highest BCUT2D eigenvalue weighted by Gasteiger charge is 2.29. The maximum Gasteiger partial charge on any atom is 0.306 e. The van der Waals surface area contributed by atoms with Crippen LogP contribution in [0, 0.1) is 0 Å². The molecule has 4 heteroatoms. The highest BCUT2D eigenvalue weighted by Crippen LogP contribution is 2.22. The van der Waals surface area contributed by atoms with Gasteiger partial charge in [0.2, 0.25) is 0 Å². The highest BCUT2D eigenvalue weighted by molar-refractivity contribution is 5.67. The van der Waals surface area contributed by atoms with Gasteiger partial charge in [-0.15, -0.1) is 0 Å². The lowest BCUT2D eigenvalue weighted by Gasteiger charge is -2.16. The van der Waals surface area contributed by atoms with Crippen molar-refractivity contribution in [3.63, 3.8) is 0 Å². The Hall–Kier alpha value is -0.610. The SMILES string of the molecule is C[C@@H]1CCC([C@H](O)CC(=O)O)O1. The normalized spacial score (nSPS) is 31.8. The molecular formula is C8H14O4. The van der Waals surface area contributed by atoms with E-state index in [1.54, 1.807) is 0 Å². The van der Waals surface area contributed by atoms with Gasteiger partial charge < -0.3 is 14.9 Å². The second-order valence-electron chi connectivity index (χ2n) is 3.23. The van der Waals surface area contributed by atoms with Crippen LogP contribution in [-0.2, 0) is 9.53 Å². The third-order valence-corrected chi connectivity index (χ3v) is 2.08. The molecular weight excluding hydrogens is 160 g/mol. The molecule has 12 heavy (non-hydrogen) atoms. The van der Waals surface area contributed by atoms with Gasteiger partial charge in [0.25, 0.3) is 0 Å². The Morgan fingerprint density at radius 1 is 1.67 bits per heavy atom. The predicted molar refractivity (Wildman–Crippen MR) is 41.8 cm³/mol. The minimum absolute atomic E-state index is 0.151. The van der Waals surface area contributed by atoms with Crippen LogP contribution in [0.1, 0.15) is 26.2 Å². The van der Waals surface area contributed by atoms with E-state index in [0.717, 1.165) is 12.8 Å². The Bertz CT molecular complexity index is 168. The van der Waals surface area contributed by atoms with Gasteiger partial charge in [-0.25, -0.2) is 0 Å². The predicted octanol–water partition coefficient (Wildman–Crippen LogP) is 0.389. The average molecular weight is 174 g/mol. The number of aliphatic carboxylic acids is 1. The van der Waals surface area contributed by atoms with Crippen molar-refractivity contribution in [3.8, 4) is 0 Å². The Morgan fingerprint density at radius 2 is 2.33 bits per heavy atom. The van der Waals surface area contributed by atoms with Crippen molar-refractivity contribution in [1.29, 1.82) is 0 Å². The lowest BCUT2D eigenvalue weighted by atomic mass is 10.1. The molecule has 70 valence electrons. The zero-order valence-corrected chi connectivity index (χ0v) is 7.06. The van der Waals surface area contributed by atoms with E-state index in [4.69, 9.17) is 9.84 Å². The van der Waals surface area contributed by atoms with Gasteiger partial charge in [-0.05, 0) is 19.8 Å². The summed E-state index contributed by atoms with van der Waals surface area (Å²) < 4.78 is 5.31. The lowest BCUT2D eigenvalue weighted by Crippen LogP contribution is -2.28. The number of carboxylic acid groups (broad SMARTS) is 1. The van der Waals surface area contributed by atoms with E-state index in [-0.39, 0.29) is 18.6 Å². The summed E-state index contributed by atoms with van der Waals surface area (Å²) >= 11 is 0. The van der Waals surface area contributed by atoms with Crippen LogP contribution in [0.4, 0.5) is 0 Å². The van der Waals surface area contributed by atoms with Crippen molar-refractivity contribution in [2.45, 2.75) is 44.5 Å². The molecule has 1 heterocycles. The second kappa shape index (κ2) is 3.87. The number of hydrogen-bond acceptors (Lipinski definition) is 3. The van der Waals surface area contributed by atoms with Gasteiger partial charge in [0.1, 0.15) is 0 Å². The van der Waals surface area contributed by atoms with E-state index in [1.807, 2.05) is 6.92 Å². The molecule has 0 aliphatic carbocycles. The van der Waals surface area contributed by atoms with Crippen molar-refractivity contribution in [3.05, 3.63) is 0 Å². The van der Waals surface area contributed by atoms with Crippen LogP contribution in [-0.4, -0.2) is 34.5 Å². The molecule has 0 aromatic carbocycles. The minimum atomic E-state index is -0.981. The minimum Gasteiger partial charge on any atom is -0.481 e. The van der Waals surface area contributed by atoms with Gasteiger partial charge in [0.05, 0.1) is 24.7 Å². The van der Waals surface area contributed by atoms with Gasteiger partial charge >= 0.3 is 5.97 Å². The first-order valence-corrected chi connectivity index (χ1v) is 4.15. The topological polar surface area (TPSA) is 66.8 Å². The second-order valence-corrected chi connectivity index (χ2v) is 3.23. The molecule has 1 saturated heterocycles. The first kappa shape index (κ1) is 9.48. The Morgan fingerprint density at radius 3 is 2.75 bits per heavy atom. The number of ether oxygens (including phenoxy) is 1. The summed E-state index contributed by atoms with van der Waals surface area (Å²) in [5.41, 5.74) is 0. The quantitative estimate of drug-likeness (QED) is 0.649. The average Bonchev–Trinajstić information content (AvgIpc) is 2.34. The van der Waals surface area contributed by atoms with E-state index < -0.39 is 12.1 Å². The van der Waals surface area contributed by atoms with E-state index in [1.165, 1.54) is 0 Å². The number of carbonyl (C=O) groups is 1. The molecule has 1 rings (SSSR count). The summed E-state index contributed by atoms with van der Waals surface area (Å²) in [5.74, 6) is -0.981. The standard InChI is InChI=1S/C8H14O4/c1-5-2-3-7(12-5)6(9)4-8(10)11/h5-7,9H,2-4H2,1H3,(H,10,11)/t5-,6-,7?/m1/s1. The maximum atomic E-state index is 10.2. The molecule has 0 amide bonds. The van der Waals surface area contributed by atoms with E-state index in [9.17, 15) is 9.90 Å². The number of aliphatic hydroxyl groups is 1. The lowest BCUT2D eigenvalue weighted by molar-refractivity contribution is -0.141. The molecule has 1 aliphatic heterocycles. The van der Waals surface area contributed by atoms with Crippen LogP contribution >= 0.6 is 0 Å². The molecule has 0 aromatic heterocycles. The van der Waals surface area contributed by atoms with Crippen molar-refractivity contribution in [1.82, 2.24) is 0 Å². The van der Waals surface area contributed by atoms with Crippen LogP contribution in [0.5, 0.6) is 0 Å². The molecule has 0 aromatic rings. The summed E-state index contributed by atoms with van der Waals surface area (Å²) in [5, 5.41) is 17.7. The number of carboxylic acids is 1. The van der Waals surface area contributed by atoms with Gasteiger partial charge in [0.15, 0.2) is 0 Å². The highest BCUT2D eigenvalue weighted by atomic mass is 16.5. The summed E-state index contributed by atoms with van der Waals surface area (Å²) in [6.45, 7) is 1.92. The Kier molecular flexibility index (Phi) is 3.05. The molecule has 0 bridgehead atoms. The molecule has 0 radical (unpaired) electrons. The van der Waals surface area contributed by atoms with E-state index in [2.05, 4.69) is 0 Å². The van der Waals surface area contributed by atoms with E-state index >= 15 is 0 Å². The van der Waals surface area contributed by atoms with Gasteiger partial charge in [-0.1, -0.05) is 0 Å². The van der Waals surface area contributed by atoms with Gasteiger partial charge in [0, 0.05) is 0 Å². The molecule has 0 spiro atoms. The molecule has 3 atom stereocenters. The number of rotatable bonds is 3. The van der Waals surface area contributed by atoms with Gasteiger partial charge in [-0.2, -0.15) is 0 Å².